The second-order valence-corrected chi connectivity index (χ2v) is 5.38. The zero-order chi connectivity index (χ0) is 11.8. The number of thiazole rings is 1. The van der Waals surface area contributed by atoms with Crippen LogP contribution in [-0.4, -0.2) is 46.7 Å². The molecular weight excluding hydrogens is 240 g/mol. The van der Waals surface area contributed by atoms with E-state index in [0.29, 0.717) is 6.04 Å². The molecule has 0 amide bonds. The van der Waals surface area contributed by atoms with Gasteiger partial charge in [0.05, 0.1) is 6.61 Å². The standard InChI is InChI=1S/C11H14N2O3S/c14-11(15)8-6-17-10(12-8)9-4-13-3-1-2-7(13)5-16-9/h6-7,9H,1-5H2,(H,14,15). The first-order chi connectivity index (χ1) is 8.24. The van der Waals surface area contributed by atoms with Crippen LogP contribution in [0.1, 0.15) is 34.4 Å². The zero-order valence-electron chi connectivity index (χ0n) is 9.33. The van der Waals surface area contributed by atoms with E-state index in [1.54, 1.807) is 5.38 Å². The lowest BCUT2D eigenvalue weighted by atomic mass is 10.2. The number of nitrogens with zero attached hydrogens (tertiary/aromatic N) is 2. The summed E-state index contributed by atoms with van der Waals surface area (Å²) in [6, 6.07) is 0.560. The van der Waals surface area contributed by atoms with Crippen molar-refractivity contribution in [2.45, 2.75) is 25.0 Å². The Bertz CT molecular complexity index is 434. The third kappa shape index (κ3) is 2.08. The molecule has 2 saturated heterocycles. The Hall–Kier alpha value is -0.980. The maximum Gasteiger partial charge on any atom is 0.355 e. The Balaban J connectivity index is 1.73. The molecule has 1 N–H and O–H groups in total. The zero-order valence-corrected chi connectivity index (χ0v) is 10.2. The van der Waals surface area contributed by atoms with Crippen molar-refractivity contribution in [3.8, 4) is 0 Å². The molecular formula is C11H14N2O3S. The number of aromatic nitrogens is 1. The smallest absolute Gasteiger partial charge is 0.355 e. The summed E-state index contributed by atoms with van der Waals surface area (Å²) >= 11 is 1.37. The summed E-state index contributed by atoms with van der Waals surface area (Å²) in [7, 11) is 0. The van der Waals surface area contributed by atoms with Crippen LogP contribution in [0.3, 0.4) is 0 Å². The first-order valence-electron chi connectivity index (χ1n) is 5.78. The first kappa shape index (κ1) is 11.1. The quantitative estimate of drug-likeness (QED) is 0.863. The number of carboxylic acids is 1. The van der Waals surface area contributed by atoms with Crippen LogP contribution in [0.5, 0.6) is 0 Å². The predicted molar refractivity (Wildman–Crippen MR) is 62.4 cm³/mol. The van der Waals surface area contributed by atoms with E-state index >= 15 is 0 Å². The van der Waals surface area contributed by atoms with Crippen LogP contribution in [0.15, 0.2) is 5.38 Å². The Morgan fingerprint density at radius 3 is 3.29 bits per heavy atom. The molecule has 2 atom stereocenters. The highest BCUT2D eigenvalue weighted by Crippen LogP contribution is 2.31. The van der Waals surface area contributed by atoms with Gasteiger partial charge in [-0.2, -0.15) is 0 Å². The van der Waals surface area contributed by atoms with Gasteiger partial charge in [-0.3, -0.25) is 4.90 Å². The van der Waals surface area contributed by atoms with Gasteiger partial charge in [-0.25, -0.2) is 9.78 Å². The van der Waals surface area contributed by atoms with Crippen LogP contribution >= 0.6 is 11.3 Å². The summed E-state index contributed by atoms with van der Waals surface area (Å²) in [5, 5.41) is 11.2. The number of hydrogen-bond donors (Lipinski definition) is 1. The molecule has 5 nitrogen and oxygen atoms in total. The molecule has 6 heteroatoms. The average molecular weight is 254 g/mol. The second-order valence-electron chi connectivity index (χ2n) is 4.49. The molecule has 0 radical (unpaired) electrons. The first-order valence-corrected chi connectivity index (χ1v) is 6.66. The van der Waals surface area contributed by atoms with Crippen molar-refractivity contribution in [3.63, 3.8) is 0 Å². The summed E-state index contributed by atoms with van der Waals surface area (Å²) in [6.45, 7) is 2.71. The number of fused-ring (bicyclic) bond motifs is 1. The van der Waals surface area contributed by atoms with Crippen LogP contribution < -0.4 is 0 Å². The number of aromatic carboxylic acids is 1. The summed E-state index contributed by atoms with van der Waals surface area (Å²) in [5.41, 5.74) is 0.122. The number of carboxylic acid groups (broad SMARTS) is 1. The van der Waals surface area contributed by atoms with E-state index in [1.165, 1.54) is 24.2 Å². The maximum absolute atomic E-state index is 10.8. The van der Waals surface area contributed by atoms with Gasteiger partial charge in [0.25, 0.3) is 0 Å². The van der Waals surface area contributed by atoms with Gasteiger partial charge >= 0.3 is 5.97 Å². The number of carbonyl (C=O) groups is 1. The molecule has 0 bridgehead atoms. The highest BCUT2D eigenvalue weighted by atomic mass is 32.1. The van der Waals surface area contributed by atoms with Gasteiger partial charge in [-0.15, -0.1) is 11.3 Å². The largest absolute Gasteiger partial charge is 0.476 e. The van der Waals surface area contributed by atoms with Crippen LogP contribution in [-0.2, 0) is 4.74 Å². The Kier molecular flexibility index (Phi) is 2.85. The van der Waals surface area contributed by atoms with E-state index in [2.05, 4.69) is 9.88 Å². The van der Waals surface area contributed by atoms with Crippen molar-refractivity contribution in [2.75, 3.05) is 19.7 Å². The lowest BCUT2D eigenvalue weighted by molar-refractivity contribution is -0.0502. The minimum atomic E-state index is -0.970. The van der Waals surface area contributed by atoms with Crippen molar-refractivity contribution >= 4 is 17.3 Å². The van der Waals surface area contributed by atoms with Crippen molar-refractivity contribution in [2.24, 2.45) is 0 Å². The fourth-order valence-corrected chi connectivity index (χ4v) is 3.33. The molecule has 0 aromatic carbocycles. The molecule has 0 spiro atoms. The van der Waals surface area contributed by atoms with Crippen LogP contribution in [0.25, 0.3) is 0 Å². The minimum Gasteiger partial charge on any atom is -0.476 e. The van der Waals surface area contributed by atoms with E-state index in [0.717, 1.165) is 24.7 Å². The summed E-state index contributed by atoms with van der Waals surface area (Å²) in [5.74, 6) is -0.970. The number of ether oxygens (including phenoxy) is 1. The summed E-state index contributed by atoms with van der Waals surface area (Å²) in [4.78, 5) is 17.3. The normalized spacial score (nSPS) is 29.2. The third-order valence-electron chi connectivity index (χ3n) is 3.41. The Morgan fingerprint density at radius 2 is 2.53 bits per heavy atom. The lowest BCUT2D eigenvalue weighted by Crippen LogP contribution is -2.42. The number of hydrogen-bond acceptors (Lipinski definition) is 5. The monoisotopic (exact) mass is 254 g/mol. The topological polar surface area (TPSA) is 62.7 Å². The minimum absolute atomic E-state index is 0.0533. The van der Waals surface area contributed by atoms with Crippen LogP contribution in [0.2, 0.25) is 0 Å². The fraction of sp³-hybridized carbons (Fsp3) is 0.636. The van der Waals surface area contributed by atoms with Gasteiger partial charge in [-0.05, 0) is 19.4 Å². The van der Waals surface area contributed by atoms with Gasteiger partial charge in [0.15, 0.2) is 5.69 Å². The van der Waals surface area contributed by atoms with Crippen molar-refractivity contribution in [3.05, 3.63) is 16.1 Å². The fourth-order valence-electron chi connectivity index (χ4n) is 2.50. The molecule has 3 heterocycles. The highest BCUT2D eigenvalue weighted by molar-refractivity contribution is 7.09. The van der Waals surface area contributed by atoms with E-state index in [9.17, 15) is 4.79 Å². The highest BCUT2D eigenvalue weighted by Gasteiger charge is 2.34. The SMILES string of the molecule is O=C(O)c1csc(C2CN3CCCC3CO2)n1. The molecule has 1 aromatic rings. The molecule has 2 aliphatic heterocycles. The lowest BCUT2D eigenvalue weighted by Gasteiger charge is -2.34. The van der Waals surface area contributed by atoms with Crippen LogP contribution in [0.4, 0.5) is 0 Å². The molecule has 2 fully saturated rings. The van der Waals surface area contributed by atoms with Gasteiger partial charge in [0.1, 0.15) is 11.1 Å². The predicted octanol–water partition coefficient (Wildman–Crippen LogP) is 1.38. The third-order valence-corrected chi connectivity index (χ3v) is 4.34. The average Bonchev–Trinajstić information content (AvgIpc) is 2.97. The van der Waals surface area contributed by atoms with Gasteiger partial charge in [0, 0.05) is 18.0 Å². The van der Waals surface area contributed by atoms with Crippen molar-refractivity contribution in [1.29, 1.82) is 0 Å². The molecule has 17 heavy (non-hydrogen) atoms. The van der Waals surface area contributed by atoms with Gasteiger partial charge in [0.2, 0.25) is 0 Å². The second kappa shape index (κ2) is 4.36. The number of morpholine rings is 1. The molecule has 0 saturated carbocycles. The van der Waals surface area contributed by atoms with E-state index < -0.39 is 5.97 Å². The van der Waals surface area contributed by atoms with Crippen LogP contribution in [0, 0.1) is 0 Å². The van der Waals surface area contributed by atoms with Gasteiger partial charge in [-0.1, -0.05) is 0 Å². The summed E-state index contributed by atoms with van der Waals surface area (Å²) in [6.07, 6.45) is 2.40. The van der Waals surface area contributed by atoms with Crippen molar-refractivity contribution < 1.29 is 14.6 Å². The molecule has 2 aliphatic rings. The molecule has 0 aliphatic carbocycles. The number of rotatable bonds is 2. The summed E-state index contributed by atoms with van der Waals surface area (Å²) < 4.78 is 5.78. The Labute approximate surface area is 103 Å². The van der Waals surface area contributed by atoms with E-state index in [4.69, 9.17) is 9.84 Å². The van der Waals surface area contributed by atoms with Gasteiger partial charge < -0.3 is 9.84 Å². The molecule has 3 rings (SSSR count). The van der Waals surface area contributed by atoms with E-state index in [1.807, 2.05) is 0 Å². The molecule has 92 valence electrons. The van der Waals surface area contributed by atoms with Crippen molar-refractivity contribution in [1.82, 2.24) is 9.88 Å². The Morgan fingerprint density at radius 1 is 1.65 bits per heavy atom. The molecule has 2 unspecified atom stereocenters. The maximum atomic E-state index is 10.8. The van der Waals surface area contributed by atoms with E-state index in [-0.39, 0.29) is 11.8 Å². The molecule has 1 aromatic heterocycles.